The molecule has 0 radical (unpaired) electrons. The molecule has 23 heavy (non-hydrogen) atoms. The molecule has 0 N–H and O–H groups in total. The van der Waals surface area contributed by atoms with Crippen LogP contribution in [0.4, 0.5) is 4.39 Å². The van der Waals surface area contributed by atoms with Gasteiger partial charge in [-0.25, -0.2) is 4.39 Å². The number of benzene rings is 1. The third kappa shape index (κ3) is 1.86. The third-order valence-corrected chi connectivity index (χ3v) is 7.14. The highest BCUT2D eigenvalue weighted by Crippen LogP contribution is 2.57. The van der Waals surface area contributed by atoms with Crippen LogP contribution in [0.25, 0.3) is 10.1 Å². The highest BCUT2D eigenvalue weighted by Gasteiger charge is 2.65. The van der Waals surface area contributed by atoms with Crippen LogP contribution in [-0.2, 0) is 0 Å². The molecule has 3 unspecified atom stereocenters. The van der Waals surface area contributed by atoms with Crippen LogP contribution >= 0.6 is 11.3 Å². The number of fused-ring (bicyclic) bond motifs is 4. The maximum absolute atomic E-state index is 13.4. The molecule has 1 amide bonds. The lowest BCUT2D eigenvalue weighted by molar-refractivity contribution is 0.0575. The molecule has 2 bridgehead atoms. The summed E-state index contributed by atoms with van der Waals surface area (Å²) in [5.41, 5.74) is 0.274. The molecule has 3 fully saturated rings. The van der Waals surface area contributed by atoms with E-state index in [0.29, 0.717) is 12.0 Å². The van der Waals surface area contributed by atoms with Crippen LogP contribution in [0.3, 0.4) is 0 Å². The van der Waals surface area contributed by atoms with Gasteiger partial charge in [-0.3, -0.25) is 9.69 Å². The molecular formula is C18H19FN2OS. The van der Waals surface area contributed by atoms with E-state index in [9.17, 15) is 9.18 Å². The number of likely N-dealkylation sites (N-methyl/N-ethyl adjacent to an activating group) is 1. The van der Waals surface area contributed by atoms with Gasteiger partial charge in [0.1, 0.15) is 5.82 Å². The summed E-state index contributed by atoms with van der Waals surface area (Å²) in [5, 5.41) is 0.824. The Bertz CT molecular complexity index is 812. The van der Waals surface area contributed by atoms with E-state index < -0.39 is 0 Å². The van der Waals surface area contributed by atoms with E-state index in [1.807, 2.05) is 18.0 Å². The van der Waals surface area contributed by atoms with Crippen molar-refractivity contribution in [2.24, 2.45) is 5.92 Å². The van der Waals surface area contributed by atoms with E-state index in [2.05, 4.69) is 4.90 Å². The van der Waals surface area contributed by atoms with E-state index in [1.54, 1.807) is 6.07 Å². The van der Waals surface area contributed by atoms with E-state index >= 15 is 0 Å². The Morgan fingerprint density at radius 1 is 1.39 bits per heavy atom. The number of rotatable bonds is 2. The summed E-state index contributed by atoms with van der Waals surface area (Å²) in [6.45, 7) is 2.35. The van der Waals surface area contributed by atoms with Crippen molar-refractivity contribution in [3.05, 3.63) is 35.0 Å². The fourth-order valence-electron chi connectivity index (χ4n) is 4.91. The minimum atomic E-state index is -0.250. The second-order valence-electron chi connectivity index (χ2n) is 7.25. The predicted octanol–water partition coefficient (Wildman–Crippen LogP) is 3.35. The molecule has 2 aliphatic heterocycles. The van der Waals surface area contributed by atoms with Crippen LogP contribution in [0.15, 0.2) is 24.3 Å². The first-order chi connectivity index (χ1) is 11.1. The molecule has 1 spiro atoms. The van der Waals surface area contributed by atoms with Crippen molar-refractivity contribution in [3.8, 4) is 0 Å². The van der Waals surface area contributed by atoms with Crippen LogP contribution in [-0.4, -0.2) is 47.4 Å². The molecule has 120 valence electrons. The Kier molecular flexibility index (Phi) is 2.75. The molecule has 3 nitrogen and oxygen atoms in total. The Labute approximate surface area is 138 Å². The lowest BCUT2D eigenvalue weighted by Crippen LogP contribution is -2.52. The first-order valence-electron chi connectivity index (χ1n) is 8.30. The molecule has 1 aromatic carbocycles. The van der Waals surface area contributed by atoms with Crippen LogP contribution < -0.4 is 0 Å². The first-order valence-corrected chi connectivity index (χ1v) is 9.11. The molecule has 1 aliphatic carbocycles. The minimum Gasteiger partial charge on any atom is -0.336 e. The molecule has 5 rings (SSSR count). The number of hydrogen-bond acceptors (Lipinski definition) is 3. The maximum atomic E-state index is 13.4. The topological polar surface area (TPSA) is 23.6 Å². The average Bonchev–Trinajstić information content (AvgIpc) is 2.92. The van der Waals surface area contributed by atoms with Gasteiger partial charge in [0.2, 0.25) is 0 Å². The Balaban J connectivity index is 1.47. The summed E-state index contributed by atoms with van der Waals surface area (Å²) >= 11 is 1.47. The van der Waals surface area contributed by atoms with E-state index in [1.165, 1.54) is 49.3 Å². The minimum absolute atomic E-state index is 0.0941. The molecule has 3 atom stereocenters. The average molecular weight is 330 g/mol. The van der Waals surface area contributed by atoms with Crippen molar-refractivity contribution >= 4 is 27.3 Å². The molecule has 1 aromatic heterocycles. The number of halogens is 1. The van der Waals surface area contributed by atoms with E-state index in [4.69, 9.17) is 0 Å². The fraction of sp³-hybridized carbons (Fsp3) is 0.500. The summed E-state index contributed by atoms with van der Waals surface area (Å²) < 4.78 is 14.3. The Morgan fingerprint density at radius 2 is 2.22 bits per heavy atom. The van der Waals surface area contributed by atoms with Crippen LogP contribution in [0.5, 0.6) is 0 Å². The van der Waals surface area contributed by atoms with Crippen molar-refractivity contribution in [3.63, 3.8) is 0 Å². The van der Waals surface area contributed by atoms with Gasteiger partial charge < -0.3 is 4.90 Å². The quantitative estimate of drug-likeness (QED) is 0.843. The van der Waals surface area contributed by atoms with Gasteiger partial charge in [0.05, 0.1) is 10.9 Å². The van der Waals surface area contributed by atoms with Crippen molar-refractivity contribution in [2.75, 3.05) is 20.1 Å². The van der Waals surface area contributed by atoms with E-state index in [0.717, 1.165) is 21.5 Å². The SMILES string of the molecule is CN(C(=O)c1cc2cc(F)ccc2s1)C1C2CCN(C2)C12CC2. The number of hydrogen-bond donors (Lipinski definition) is 0. The maximum Gasteiger partial charge on any atom is 0.264 e. The first kappa shape index (κ1) is 13.9. The smallest absolute Gasteiger partial charge is 0.264 e. The van der Waals surface area contributed by atoms with Crippen molar-refractivity contribution < 1.29 is 9.18 Å². The summed E-state index contributed by atoms with van der Waals surface area (Å²) in [6.07, 6.45) is 3.66. The van der Waals surface area contributed by atoms with Gasteiger partial charge in [0.25, 0.3) is 5.91 Å². The molecule has 2 aromatic rings. The van der Waals surface area contributed by atoms with Gasteiger partial charge in [-0.1, -0.05) is 0 Å². The highest BCUT2D eigenvalue weighted by atomic mass is 32.1. The summed E-state index contributed by atoms with van der Waals surface area (Å²) in [7, 11) is 1.96. The lowest BCUT2D eigenvalue weighted by Gasteiger charge is -2.38. The zero-order valence-electron chi connectivity index (χ0n) is 13.1. The van der Waals surface area contributed by atoms with Gasteiger partial charge in [0, 0.05) is 23.8 Å². The molecule has 3 heterocycles. The second kappa shape index (κ2) is 4.54. The summed E-state index contributed by atoms with van der Waals surface area (Å²) in [4.78, 5) is 18.3. The van der Waals surface area contributed by atoms with Crippen molar-refractivity contribution in [1.29, 1.82) is 0 Å². The number of nitrogens with zero attached hydrogens (tertiary/aromatic N) is 2. The summed E-state index contributed by atoms with van der Waals surface area (Å²) in [5.74, 6) is 0.468. The van der Waals surface area contributed by atoms with Crippen molar-refractivity contribution in [2.45, 2.75) is 30.8 Å². The van der Waals surface area contributed by atoms with Crippen LogP contribution in [0, 0.1) is 11.7 Å². The summed E-state index contributed by atoms with van der Waals surface area (Å²) in [6, 6.07) is 6.92. The van der Waals surface area contributed by atoms with Gasteiger partial charge >= 0.3 is 0 Å². The van der Waals surface area contributed by atoms with Gasteiger partial charge in [-0.2, -0.15) is 0 Å². The third-order valence-electron chi connectivity index (χ3n) is 6.04. The van der Waals surface area contributed by atoms with Crippen LogP contribution in [0.2, 0.25) is 0 Å². The second-order valence-corrected chi connectivity index (χ2v) is 8.34. The van der Waals surface area contributed by atoms with Crippen LogP contribution in [0.1, 0.15) is 28.9 Å². The highest BCUT2D eigenvalue weighted by molar-refractivity contribution is 7.20. The molecule has 5 heteroatoms. The normalized spacial score (nSPS) is 30.3. The molecule has 2 saturated heterocycles. The predicted molar refractivity (Wildman–Crippen MR) is 89.3 cm³/mol. The van der Waals surface area contributed by atoms with Gasteiger partial charge in [-0.15, -0.1) is 11.3 Å². The lowest BCUT2D eigenvalue weighted by atomic mass is 9.90. The number of amides is 1. The van der Waals surface area contributed by atoms with Gasteiger partial charge in [-0.05, 0) is 61.4 Å². The number of piperidine rings is 1. The Morgan fingerprint density at radius 3 is 3.00 bits per heavy atom. The standard InChI is InChI=1S/C18H19FN2OS/c1-20(16-11-4-7-21(10-11)18(16)5-6-18)17(22)15-9-12-8-13(19)2-3-14(12)23-15/h2-3,8-9,11,16H,4-7,10H2,1H3. The van der Waals surface area contributed by atoms with Gasteiger partial charge in [0.15, 0.2) is 0 Å². The largest absolute Gasteiger partial charge is 0.336 e. The Hall–Kier alpha value is -1.46. The molecule has 3 aliphatic rings. The molecule has 1 saturated carbocycles. The zero-order valence-corrected chi connectivity index (χ0v) is 13.9. The fourth-order valence-corrected chi connectivity index (χ4v) is 5.94. The zero-order chi connectivity index (χ0) is 15.8. The van der Waals surface area contributed by atoms with E-state index in [-0.39, 0.29) is 17.3 Å². The van der Waals surface area contributed by atoms with Crippen molar-refractivity contribution in [1.82, 2.24) is 9.80 Å². The number of thiophene rings is 1. The number of carbonyl (C=O) groups excluding carboxylic acids is 1. The number of carbonyl (C=O) groups is 1. The monoisotopic (exact) mass is 330 g/mol. The molecular weight excluding hydrogens is 311 g/mol.